The Morgan fingerprint density at radius 2 is 2.05 bits per heavy atom. The third-order valence-electron chi connectivity index (χ3n) is 3.00. The summed E-state index contributed by atoms with van der Waals surface area (Å²) in [6.07, 6.45) is 1.11. The molecule has 0 aliphatic carbocycles. The van der Waals surface area contributed by atoms with Crippen molar-refractivity contribution in [1.29, 1.82) is 0 Å². The zero-order valence-corrected chi connectivity index (χ0v) is 12.9. The number of fused-ring (bicyclic) bond motifs is 1. The van der Waals surface area contributed by atoms with Crippen molar-refractivity contribution >= 4 is 39.0 Å². The standard InChI is InChI=1S/C15H14ClN3OS/c1-9(20)7-17-15-14-12(18-8-19-15)6-13(21-14)10-2-4-11(16)5-3-10/h2-6,8-9,20H,7H2,1H3,(H,17,18,19). The molecule has 0 aliphatic heterocycles. The summed E-state index contributed by atoms with van der Waals surface area (Å²) in [5.74, 6) is 0.756. The lowest BCUT2D eigenvalue weighted by molar-refractivity contribution is 0.208. The molecular formula is C15H14ClN3OS. The van der Waals surface area contributed by atoms with Crippen LogP contribution in [0.1, 0.15) is 6.92 Å². The molecule has 0 radical (unpaired) electrons. The number of aliphatic hydroxyl groups excluding tert-OH is 1. The van der Waals surface area contributed by atoms with Crippen LogP contribution in [0.2, 0.25) is 5.02 Å². The number of benzene rings is 1. The van der Waals surface area contributed by atoms with Crippen molar-refractivity contribution in [2.45, 2.75) is 13.0 Å². The Morgan fingerprint density at radius 3 is 2.76 bits per heavy atom. The summed E-state index contributed by atoms with van der Waals surface area (Å²) < 4.78 is 0.989. The highest BCUT2D eigenvalue weighted by Gasteiger charge is 2.10. The number of nitrogens with one attached hydrogen (secondary N) is 1. The predicted molar refractivity (Wildman–Crippen MR) is 88.0 cm³/mol. The van der Waals surface area contributed by atoms with Gasteiger partial charge in [0, 0.05) is 16.4 Å². The lowest BCUT2D eigenvalue weighted by Gasteiger charge is -2.07. The average Bonchev–Trinajstić information content (AvgIpc) is 2.90. The van der Waals surface area contributed by atoms with Gasteiger partial charge in [0.1, 0.15) is 12.1 Å². The Bertz CT molecular complexity index is 755. The number of aliphatic hydroxyl groups is 1. The second-order valence-corrected chi connectivity index (χ2v) is 6.27. The molecule has 21 heavy (non-hydrogen) atoms. The Morgan fingerprint density at radius 1 is 1.29 bits per heavy atom. The number of anilines is 1. The fraction of sp³-hybridized carbons (Fsp3) is 0.200. The Hall–Kier alpha value is -1.69. The van der Waals surface area contributed by atoms with Gasteiger partial charge in [-0.25, -0.2) is 9.97 Å². The van der Waals surface area contributed by atoms with Gasteiger partial charge < -0.3 is 10.4 Å². The molecule has 1 aromatic carbocycles. The molecule has 0 spiro atoms. The van der Waals surface area contributed by atoms with Gasteiger partial charge >= 0.3 is 0 Å². The second kappa shape index (κ2) is 5.97. The molecule has 6 heteroatoms. The van der Waals surface area contributed by atoms with Crippen LogP contribution in [-0.4, -0.2) is 27.7 Å². The highest BCUT2D eigenvalue weighted by atomic mass is 35.5. The first-order valence-electron chi connectivity index (χ1n) is 6.56. The minimum Gasteiger partial charge on any atom is -0.392 e. The highest BCUT2D eigenvalue weighted by Crippen LogP contribution is 2.35. The molecule has 1 unspecified atom stereocenters. The molecule has 3 aromatic rings. The van der Waals surface area contributed by atoms with Gasteiger partial charge in [0.2, 0.25) is 0 Å². The number of hydrogen-bond acceptors (Lipinski definition) is 5. The Labute approximate surface area is 131 Å². The molecule has 2 N–H and O–H groups in total. The molecular weight excluding hydrogens is 306 g/mol. The summed E-state index contributed by atoms with van der Waals surface area (Å²) in [5.41, 5.74) is 2.00. The fourth-order valence-electron chi connectivity index (χ4n) is 1.98. The number of thiophene rings is 1. The van der Waals surface area contributed by atoms with Crippen molar-refractivity contribution in [2.24, 2.45) is 0 Å². The van der Waals surface area contributed by atoms with Crippen molar-refractivity contribution in [3.05, 3.63) is 41.7 Å². The van der Waals surface area contributed by atoms with Crippen molar-refractivity contribution in [3.63, 3.8) is 0 Å². The number of halogens is 1. The smallest absolute Gasteiger partial charge is 0.147 e. The molecule has 4 nitrogen and oxygen atoms in total. The molecule has 2 heterocycles. The van der Waals surface area contributed by atoms with Crippen LogP contribution in [0.15, 0.2) is 36.7 Å². The number of hydrogen-bond donors (Lipinski definition) is 2. The lowest BCUT2D eigenvalue weighted by atomic mass is 10.2. The summed E-state index contributed by atoms with van der Waals surface area (Å²) in [7, 11) is 0. The van der Waals surface area contributed by atoms with Gasteiger partial charge in [-0.3, -0.25) is 0 Å². The third kappa shape index (κ3) is 3.15. The molecule has 108 valence electrons. The quantitative estimate of drug-likeness (QED) is 0.768. The molecule has 0 fully saturated rings. The van der Waals surface area contributed by atoms with Crippen LogP contribution in [0.4, 0.5) is 5.82 Å². The topological polar surface area (TPSA) is 58.0 Å². The van der Waals surface area contributed by atoms with E-state index in [9.17, 15) is 5.11 Å². The van der Waals surface area contributed by atoms with E-state index in [1.807, 2.05) is 30.3 Å². The van der Waals surface area contributed by atoms with E-state index in [1.54, 1.807) is 18.3 Å². The molecule has 3 rings (SSSR count). The van der Waals surface area contributed by atoms with Gasteiger partial charge in [0.05, 0.1) is 16.3 Å². The van der Waals surface area contributed by atoms with Crippen LogP contribution >= 0.6 is 22.9 Å². The molecule has 0 amide bonds. The van der Waals surface area contributed by atoms with E-state index in [0.717, 1.165) is 31.5 Å². The van der Waals surface area contributed by atoms with Gasteiger partial charge in [-0.1, -0.05) is 23.7 Å². The van der Waals surface area contributed by atoms with Gasteiger partial charge in [-0.2, -0.15) is 0 Å². The van der Waals surface area contributed by atoms with E-state index < -0.39 is 6.10 Å². The molecule has 1 atom stereocenters. The SMILES string of the molecule is CC(O)CNc1ncnc2cc(-c3ccc(Cl)cc3)sc12. The van der Waals surface area contributed by atoms with Gasteiger partial charge in [-0.15, -0.1) is 11.3 Å². The number of aromatic nitrogens is 2. The number of nitrogens with zero attached hydrogens (tertiary/aromatic N) is 2. The second-order valence-electron chi connectivity index (χ2n) is 4.78. The molecule has 0 saturated heterocycles. The predicted octanol–water partition coefficient (Wildman–Crippen LogP) is 3.80. The van der Waals surface area contributed by atoms with E-state index in [4.69, 9.17) is 11.6 Å². The Kier molecular flexibility index (Phi) is 4.05. The minimum absolute atomic E-state index is 0.425. The van der Waals surface area contributed by atoms with Crippen molar-refractivity contribution in [1.82, 2.24) is 9.97 Å². The summed E-state index contributed by atoms with van der Waals surface area (Å²) in [6, 6.07) is 9.77. The van der Waals surface area contributed by atoms with E-state index in [0.29, 0.717) is 6.54 Å². The summed E-state index contributed by atoms with van der Waals surface area (Å²) in [5, 5.41) is 13.3. The van der Waals surface area contributed by atoms with Crippen LogP contribution in [-0.2, 0) is 0 Å². The summed E-state index contributed by atoms with van der Waals surface area (Å²) in [4.78, 5) is 9.67. The van der Waals surface area contributed by atoms with Gasteiger partial charge in [0.15, 0.2) is 0 Å². The van der Waals surface area contributed by atoms with Crippen LogP contribution in [0.25, 0.3) is 20.7 Å². The molecule has 0 saturated carbocycles. The minimum atomic E-state index is -0.425. The van der Waals surface area contributed by atoms with E-state index >= 15 is 0 Å². The lowest BCUT2D eigenvalue weighted by Crippen LogP contribution is -2.16. The zero-order chi connectivity index (χ0) is 14.8. The van der Waals surface area contributed by atoms with E-state index in [-0.39, 0.29) is 0 Å². The van der Waals surface area contributed by atoms with Crippen LogP contribution in [0.5, 0.6) is 0 Å². The van der Waals surface area contributed by atoms with Crippen LogP contribution < -0.4 is 5.32 Å². The van der Waals surface area contributed by atoms with Crippen LogP contribution in [0, 0.1) is 0 Å². The highest BCUT2D eigenvalue weighted by molar-refractivity contribution is 7.22. The van der Waals surface area contributed by atoms with Crippen molar-refractivity contribution in [2.75, 3.05) is 11.9 Å². The summed E-state index contributed by atoms with van der Waals surface area (Å²) in [6.45, 7) is 2.19. The first kappa shape index (κ1) is 14.3. The third-order valence-corrected chi connectivity index (χ3v) is 4.44. The molecule has 2 aromatic heterocycles. The maximum atomic E-state index is 9.38. The molecule has 0 bridgehead atoms. The monoisotopic (exact) mass is 319 g/mol. The normalized spacial score (nSPS) is 12.5. The van der Waals surface area contributed by atoms with E-state index in [2.05, 4.69) is 15.3 Å². The maximum Gasteiger partial charge on any atom is 0.147 e. The Balaban J connectivity index is 1.99. The maximum absolute atomic E-state index is 9.38. The van der Waals surface area contributed by atoms with Crippen molar-refractivity contribution < 1.29 is 5.11 Å². The van der Waals surface area contributed by atoms with Gasteiger partial charge in [-0.05, 0) is 30.7 Å². The molecule has 0 aliphatic rings. The first-order chi connectivity index (χ1) is 10.1. The largest absolute Gasteiger partial charge is 0.392 e. The first-order valence-corrected chi connectivity index (χ1v) is 7.75. The zero-order valence-electron chi connectivity index (χ0n) is 11.4. The average molecular weight is 320 g/mol. The van der Waals surface area contributed by atoms with Crippen LogP contribution in [0.3, 0.4) is 0 Å². The summed E-state index contributed by atoms with van der Waals surface area (Å²) >= 11 is 7.54. The van der Waals surface area contributed by atoms with Gasteiger partial charge in [0.25, 0.3) is 0 Å². The van der Waals surface area contributed by atoms with E-state index in [1.165, 1.54) is 6.33 Å². The number of rotatable bonds is 4. The van der Waals surface area contributed by atoms with Crippen molar-refractivity contribution in [3.8, 4) is 10.4 Å². The fourth-order valence-corrected chi connectivity index (χ4v) is 3.19.